The SMILES string of the molecule is COc1ccc(CN2C(=O)c3ccc(NC(=O)OC(C)(C)C)cc3C2C)c(OC)c1. The molecular weight excluding hydrogens is 384 g/mol. The molecule has 0 aliphatic carbocycles. The normalized spacial score (nSPS) is 15.6. The van der Waals surface area contributed by atoms with Crippen LogP contribution in [0, 0.1) is 0 Å². The highest BCUT2D eigenvalue weighted by atomic mass is 16.6. The van der Waals surface area contributed by atoms with Gasteiger partial charge in [0.05, 0.1) is 26.8 Å². The number of ether oxygens (including phenoxy) is 3. The van der Waals surface area contributed by atoms with Crippen molar-refractivity contribution in [1.29, 1.82) is 0 Å². The third kappa shape index (κ3) is 4.50. The third-order valence-electron chi connectivity index (χ3n) is 4.94. The van der Waals surface area contributed by atoms with E-state index in [0.29, 0.717) is 29.3 Å². The van der Waals surface area contributed by atoms with Gasteiger partial charge in [-0.25, -0.2) is 4.79 Å². The highest BCUT2D eigenvalue weighted by Gasteiger charge is 2.34. The maximum absolute atomic E-state index is 13.0. The Morgan fingerprint density at radius 3 is 2.47 bits per heavy atom. The smallest absolute Gasteiger partial charge is 0.412 e. The lowest BCUT2D eigenvalue weighted by Gasteiger charge is -2.23. The van der Waals surface area contributed by atoms with Gasteiger partial charge in [0.2, 0.25) is 0 Å². The van der Waals surface area contributed by atoms with Crippen molar-refractivity contribution < 1.29 is 23.8 Å². The van der Waals surface area contributed by atoms with Gasteiger partial charge in [0.15, 0.2) is 0 Å². The van der Waals surface area contributed by atoms with Gasteiger partial charge in [0, 0.05) is 22.9 Å². The maximum Gasteiger partial charge on any atom is 0.412 e. The summed E-state index contributed by atoms with van der Waals surface area (Å²) in [7, 11) is 3.19. The molecule has 0 radical (unpaired) electrons. The van der Waals surface area contributed by atoms with Gasteiger partial charge in [-0.3, -0.25) is 10.1 Å². The number of anilines is 1. The van der Waals surface area contributed by atoms with Crippen molar-refractivity contribution in [3.8, 4) is 11.5 Å². The second kappa shape index (κ2) is 8.26. The zero-order chi connectivity index (χ0) is 22.1. The van der Waals surface area contributed by atoms with Gasteiger partial charge in [-0.1, -0.05) is 0 Å². The fourth-order valence-electron chi connectivity index (χ4n) is 3.48. The maximum atomic E-state index is 13.0. The van der Waals surface area contributed by atoms with Crippen LogP contribution in [0.4, 0.5) is 10.5 Å². The summed E-state index contributed by atoms with van der Waals surface area (Å²) >= 11 is 0. The molecule has 0 bridgehead atoms. The minimum atomic E-state index is -0.585. The summed E-state index contributed by atoms with van der Waals surface area (Å²) in [6.45, 7) is 7.79. The summed E-state index contributed by atoms with van der Waals surface area (Å²) < 4.78 is 16.0. The summed E-state index contributed by atoms with van der Waals surface area (Å²) in [5, 5.41) is 2.73. The number of fused-ring (bicyclic) bond motifs is 1. The van der Waals surface area contributed by atoms with Gasteiger partial charge < -0.3 is 19.1 Å². The number of benzene rings is 2. The average Bonchev–Trinajstić information content (AvgIpc) is 2.91. The van der Waals surface area contributed by atoms with Gasteiger partial charge in [0.1, 0.15) is 17.1 Å². The molecule has 1 aliphatic rings. The molecule has 1 aliphatic heterocycles. The van der Waals surface area contributed by atoms with E-state index < -0.39 is 11.7 Å². The molecule has 3 rings (SSSR count). The molecule has 1 unspecified atom stereocenters. The Kier molecular flexibility index (Phi) is 5.92. The molecule has 30 heavy (non-hydrogen) atoms. The molecule has 2 amide bonds. The predicted octanol–water partition coefficient (Wildman–Crippen LogP) is 4.77. The Labute approximate surface area is 176 Å². The van der Waals surface area contributed by atoms with Crippen LogP contribution in [0.3, 0.4) is 0 Å². The van der Waals surface area contributed by atoms with Crippen LogP contribution in [-0.2, 0) is 11.3 Å². The van der Waals surface area contributed by atoms with E-state index in [1.165, 1.54) is 0 Å². The quantitative estimate of drug-likeness (QED) is 0.766. The molecule has 7 heteroatoms. The standard InChI is InChI=1S/C23H28N2O5/c1-14-19-11-16(24-22(27)30-23(2,3)4)8-10-18(19)21(26)25(14)13-15-7-9-17(28-5)12-20(15)29-6/h7-12,14H,13H2,1-6H3,(H,24,27). The van der Waals surface area contributed by atoms with Crippen molar-refractivity contribution in [1.82, 2.24) is 4.90 Å². The second-order valence-corrected chi connectivity index (χ2v) is 8.22. The molecule has 7 nitrogen and oxygen atoms in total. The summed E-state index contributed by atoms with van der Waals surface area (Å²) in [5.74, 6) is 1.30. The molecule has 2 aromatic carbocycles. The molecule has 0 aromatic heterocycles. The van der Waals surface area contributed by atoms with E-state index in [9.17, 15) is 9.59 Å². The van der Waals surface area contributed by atoms with E-state index in [1.54, 1.807) is 58.1 Å². The highest BCUT2D eigenvalue weighted by Crippen LogP contribution is 2.37. The first-order chi connectivity index (χ1) is 14.1. The first-order valence-corrected chi connectivity index (χ1v) is 9.78. The molecule has 2 aromatic rings. The van der Waals surface area contributed by atoms with Crippen LogP contribution in [0.2, 0.25) is 0 Å². The Morgan fingerprint density at radius 1 is 1.10 bits per heavy atom. The van der Waals surface area contributed by atoms with Crippen LogP contribution >= 0.6 is 0 Å². The molecule has 1 heterocycles. The van der Waals surface area contributed by atoms with E-state index in [-0.39, 0.29) is 11.9 Å². The second-order valence-electron chi connectivity index (χ2n) is 8.22. The molecule has 1 N–H and O–H groups in total. The molecule has 0 fully saturated rings. The highest BCUT2D eigenvalue weighted by molar-refractivity contribution is 6.00. The minimum absolute atomic E-state index is 0.0563. The summed E-state index contributed by atoms with van der Waals surface area (Å²) in [6, 6.07) is 10.7. The lowest BCUT2D eigenvalue weighted by molar-refractivity contribution is 0.0635. The minimum Gasteiger partial charge on any atom is -0.497 e. The van der Waals surface area contributed by atoms with Gasteiger partial charge in [-0.05, 0) is 63.6 Å². The van der Waals surface area contributed by atoms with Crippen LogP contribution in [0.15, 0.2) is 36.4 Å². The Hall–Kier alpha value is -3.22. The lowest BCUT2D eigenvalue weighted by Crippen LogP contribution is -2.27. The number of amides is 2. The van der Waals surface area contributed by atoms with Crippen molar-refractivity contribution in [2.75, 3.05) is 19.5 Å². The van der Waals surface area contributed by atoms with Crippen LogP contribution in [0.5, 0.6) is 11.5 Å². The van der Waals surface area contributed by atoms with Crippen molar-refractivity contribution in [3.63, 3.8) is 0 Å². The van der Waals surface area contributed by atoms with Crippen molar-refractivity contribution in [3.05, 3.63) is 53.1 Å². The Morgan fingerprint density at radius 2 is 1.83 bits per heavy atom. The van der Waals surface area contributed by atoms with Crippen LogP contribution in [0.25, 0.3) is 0 Å². The number of methoxy groups -OCH3 is 2. The number of carbonyl (C=O) groups excluding carboxylic acids is 2. The Bertz CT molecular complexity index is 965. The molecule has 0 saturated heterocycles. The number of hydrogen-bond donors (Lipinski definition) is 1. The first kappa shape index (κ1) is 21.5. The molecule has 160 valence electrons. The number of hydrogen-bond acceptors (Lipinski definition) is 5. The number of rotatable bonds is 5. The van der Waals surface area contributed by atoms with Crippen LogP contribution in [-0.4, -0.2) is 36.7 Å². The number of nitrogens with one attached hydrogen (secondary N) is 1. The summed E-state index contributed by atoms with van der Waals surface area (Å²) in [4.78, 5) is 26.9. The van der Waals surface area contributed by atoms with Gasteiger partial charge in [-0.15, -0.1) is 0 Å². The zero-order valence-electron chi connectivity index (χ0n) is 18.2. The summed E-state index contributed by atoms with van der Waals surface area (Å²) in [6.07, 6.45) is -0.528. The number of carbonyl (C=O) groups is 2. The lowest BCUT2D eigenvalue weighted by atomic mass is 10.0. The monoisotopic (exact) mass is 412 g/mol. The van der Waals surface area contributed by atoms with E-state index in [1.807, 2.05) is 25.1 Å². The van der Waals surface area contributed by atoms with Crippen LogP contribution in [0.1, 0.15) is 55.2 Å². The topological polar surface area (TPSA) is 77.1 Å². The van der Waals surface area contributed by atoms with Gasteiger partial charge in [-0.2, -0.15) is 0 Å². The van der Waals surface area contributed by atoms with E-state index in [2.05, 4.69) is 5.32 Å². The van der Waals surface area contributed by atoms with Crippen molar-refractivity contribution >= 4 is 17.7 Å². The summed E-state index contributed by atoms with van der Waals surface area (Å²) in [5.41, 5.74) is 2.38. The predicted molar refractivity (Wildman–Crippen MR) is 114 cm³/mol. The van der Waals surface area contributed by atoms with E-state index in [4.69, 9.17) is 14.2 Å². The largest absolute Gasteiger partial charge is 0.497 e. The van der Waals surface area contributed by atoms with Crippen LogP contribution < -0.4 is 14.8 Å². The zero-order valence-corrected chi connectivity index (χ0v) is 18.2. The molecule has 0 spiro atoms. The van der Waals surface area contributed by atoms with E-state index in [0.717, 1.165) is 11.1 Å². The molecule has 1 atom stereocenters. The molecule has 0 saturated carbocycles. The molecular formula is C23H28N2O5. The van der Waals surface area contributed by atoms with E-state index >= 15 is 0 Å². The van der Waals surface area contributed by atoms with Crippen molar-refractivity contribution in [2.24, 2.45) is 0 Å². The van der Waals surface area contributed by atoms with Gasteiger partial charge >= 0.3 is 6.09 Å². The number of nitrogens with zero attached hydrogens (tertiary/aromatic N) is 1. The fourth-order valence-corrected chi connectivity index (χ4v) is 3.48. The average molecular weight is 412 g/mol. The Balaban J connectivity index is 1.80. The fraction of sp³-hybridized carbons (Fsp3) is 0.391. The third-order valence-corrected chi connectivity index (χ3v) is 4.94. The van der Waals surface area contributed by atoms with Gasteiger partial charge in [0.25, 0.3) is 5.91 Å². The first-order valence-electron chi connectivity index (χ1n) is 9.78. The van der Waals surface area contributed by atoms with Crippen molar-refractivity contribution in [2.45, 2.75) is 45.9 Å².